The first-order valence-electron chi connectivity index (χ1n) is 10.2. The second-order valence-corrected chi connectivity index (χ2v) is 8.21. The van der Waals surface area contributed by atoms with Gasteiger partial charge in [0.1, 0.15) is 5.76 Å². The number of furan rings is 1. The van der Waals surface area contributed by atoms with Gasteiger partial charge in [-0.25, -0.2) is 0 Å². The van der Waals surface area contributed by atoms with Gasteiger partial charge in [0.25, 0.3) is 0 Å². The Morgan fingerprint density at radius 1 is 1.03 bits per heavy atom. The van der Waals surface area contributed by atoms with E-state index in [9.17, 15) is 4.79 Å². The van der Waals surface area contributed by atoms with E-state index in [4.69, 9.17) is 4.42 Å². The van der Waals surface area contributed by atoms with Gasteiger partial charge >= 0.3 is 0 Å². The molecule has 0 atom stereocenters. The van der Waals surface area contributed by atoms with Crippen molar-refractivity contribution in [1.29, 1.82) is 0 Å². The van der Waals surface area contributed by atoms with Gasteiger partial charge in [-0.05, 0) is 23.8 Å². The number of aromatic nitrogens is 4. The number of carbonyl (C=O) groups is 1. The fraction of sp³-hybridized carbons (Fsp3) is 0.125. The molecule has 1 amide bonds. The van der Waals surface area contributed by atoms with E-state index in [-0.39, 0.29) is 11.7 Å². The molecule has 160 valence electrons. The molecule has 8 heteroatoms. The smallest absolute Gasteiger partial charge is 0.230 e. The minimum absolute atomic E-state index is 0.0555. The van der Waals surface area contributed by atoms with Crippen molar-refractivity contribution < 1.29 is 9.21 Å². The lowest BCUT2D eigenvalue weighted by Crippen LogP contribution is -2.24. The third-order valence-electron chi connectivity index (χ3n) is 5.11. The molecule has 7 nitrogen and oxygen atoms in total. The molecule has 3 heterocycles. The van der Waals surface area contributed by atoms with Gasteiger partial charge in [0, 0.05) is 29.2 Å². The Kier molecular flexibility index (Phi) is 5.76. The quantitative estimate of drug-likeness (QED) is 0.345. The highest BCUT2D eigenvalue weighted by Gasteiger charge is 2.19. The van der Waals surface area contributed by atoms with Gasteiger partial charge in [0.05, 0.1) is 18.6 Å². The highest BCUT2D eigenvalue weighted by Crippen LogP contribution is 2.30. The number of fused-ring (bicyclic) bond motifs is 1. The topological polar surface area (TPSA) is 88.7 Å². The summed E-state index contributed by atoms with van der Waals surface area (Å²) < 4.78 is 7.55. The molecule has 0 aliphatic rings. The van der Waals surface area contributed by atoms with Crippen molar-refractivity contribution in [3.8, 4) is 11.4 Å². The average molecular weight is 444 g/mol. The summed E-state index contributed by atoms with van der Waals surface area (Å²) in [7, 11) is 0. The standard InChI is InChI=1S/C24H21N5O2S/c30-22(26-13-17-7-2-1-3-8-17)16-32-24-28-27-23(29(24)15-18-9-6-12-31-18)20-14-25-21-11-5-4-10-19(20)21/h1-12,14,25H,13,15-16H2,(H,26,30). The van der Waals surface area contributed by atoms with Crippen LogP contribution in [0.5, 0.6) is 0 Å². The number of aromatic amines is 1. The Balaban J connectivity index is 1.37. The summed E-state index contributed by atoms with van der Waals surface area (Å²) in [4.78, 5) is 15.7. The van der Waals surface area contributed by atoms with Gasteiger partial charge in [-0.2, -0.15) is 0 Å². The molecular formula is C24H21N5O2S. The summed E-state index contributed by atoms with van der Waals surface area (Å²) in [5, 5.41) is 13.5. The second-order valence-electron chi connectivity index (χ2n) is 7.27. The van der Waals surface area contributed by atoms with Gasteiger partial charge < -0.3 is 14.7 Å². The van der Waals surface area contributed by atoms with E-state index in [1.165, 1.54) is 11.8 Å². The van der Waals surface area contributed by atoms with Crippen LogP contribution >= 0.6 is 11.8 Å². The number of rotatable bonds is 8. The fourth-order valence-corrected chi connectivity index (χ4v) is 4.30. The van der Waals surface area contributed by atoms with E-state index in [1.54, 1.807) is 6.26 Å². The van der Waals surface area contributed by atoms with Gasteiger partial charge in [0.2, 0.25) is 5.91 Å². The van der Waals surface area contributed by atoms with E-state index in [0.29, 0.717) is 18.2 Å². The van der Waals surface area contributed by atoms with Crippen LogP contribution in [0.4, 0.5) is 0 Å². The van der Waals surface area contributed by atoms with E-state index >= 15 is 0 Å². The Bertz CT molecular complexity index is 1330. The SMILES string of the molecule is O=C(CSc1nnc(-c2c[nH]c3ccccc23)n1Cc1ccco1)NCc1ccccc1. The first-order chi connectivity index (χ1) is 15.8. The maximum Gasteiger partial charge on any atom is 0.230 e. The first kappa shape index (κ1) is 20.1. The van der Waals surface area contributed by atoms with E-state index in [2.05, 4.69) is 26.6 Å². The third-order valence-corrected chi connectivity index (χ3v) is 6.07. The molecule has 0 bridgehead atoms. The van der Waals surface area contributed by atoms with Crippen LogP contribution in [0.3, 0.4) is 0 Å². The highest BCUT2D eigenvalue weighted by atomic mass is 32.2. The molecule has 0 saturated carbocycles. The molecule has 0 fully saturated rings. The van der Waals surface area contributed by atoms with Crippen molar-refractivity contribution in [3.05, 3.63) is 90.5 Å². The Morgan fingerprint density at radius 2 is 1.88 bits per heavy atom. The van der Waals surface area contributed by atoms with Gasteiger partial charge in [-0.3, -0.25) is 9.36 Å². The van der Waals surface area contributed by atoms with Crippen LogP contribution in [-0.2, 0) is 17.9 Å². The summed E-state index contributed by atoms with van der Waals surface area (Å²) in [6.45, 7) is 0.975. The largest absolute Gasteiger partial charge is 0.467 e. The first-order valence-corrected chi connectivity index (χ1v) is 11.2. The van der Waals surface area contributed by atoms with Crippen molar-refractivity contribution in [3.63, 3.8) is 0 Å². The number of amides is 1. The van der Waals surface area contributed by atoms with E-state index < -0.39 is 0 Å². The zero-order chi connectivity index (χ0) is 21.8. The minimum Gasteiger partial charge on any atom is -0.467 e. The molecule has 0 unspecified atom stereocenters. The zero-order valence-electron chi connectivity index (χ0n) is 17.2. The molecule has 0 radical (unpaired) electrons. The normalized spacial score (nSPS) is 11.1. The minimum atomic E-state index is -0.0555. The lowest BCUT2D eigenvalue weighted by Gasteiger charge is -2.09. The molecule has 0 aliphatic heterocycles. The Morgan fingerprint density at radius 3 is 2.72 bits per heavy atom. The fourth-order valence-electron chi connectivity index (χ4n) is 3.53. The maximum absolute atomic E-state index is 12.4. The van der Waals surface area contributed by atoms with Crippen molar-refractivity contribution >= 4 is 28.6 Å². The number of hydrogen-bond donors (Lipinski definition) is 2. The molecule has 0 aliphatic carbocycles. The molecule has 0 spiro atoms. The molecule has 32 heavy (non-hydrogen) atoms. The van der Waals surface area contributed by atoms with Crippen LogP contribution in [0.15, 0.2) is 88.8 Å². The highest BCUT2D eigenvalue weighted by molar-refractivity contribution is 7.99. The predicted molar refractivity (Wildman–Crippen MR) is 124 cm³/mol. The summed E-state index contributed by atoms with van der Waals surface area (Å²) in [6.07, 6.45) is 3.59. The van der Waals surface area contributed by atoms with Crippen molar-refractivity contribution in [2.45, 2.75) is 18.2 Å². The second kappa shape index (κ2) is 9.15. The summed E-state index contributed by atoms with van der Waals surface area (Å²) >= 11 is 1.36. The van der Waals surface area contributed by atoms with Crippen LogP contribution in [0.2, 0.25) is 0 Å². The number of para-hydroxylation sites is 1. The zero-order valence-corrected chi connectivity index (χ0v) is 18.0. The summed E-state index contributed by atoms with van der Waals surface area (Å²) in [6, 6.07) is 21.7. The number of nitrogens with one attached hydrogen (secondary N) is 2. The third kappa shape index (κ3) is 4.31. The van der Waals surface area contributed by atoms with Gasteiger partial charge in [0.15, 0.2) is 11.0 Å². The lowest BCUT2D eigenvalue weighted by atomic mass is 10.1. The lowest BCUT2D eigenvalue weighted by molar-refractivity contribution is -0.118. The summed E-state index contributed by atoms with van der Waals surface area (Å²) in [5.74, 6) is 1.71. The van der Waals surface area contributed by atoms with Gasteiger partial charge in [-0.15, -0.1) is 10.2 Å². The van der Waals surface area contributed by atoms with Crippen molar-refractivity contribution in [2.24, 2.45) is 0 Å². The number of hydrogen-bond acceptors (Lipinski definition) is 5. The van der Waals surface area contributed by atoms with Crippen LogP contribution in [-0.4, -0.2) is 31.4 Å². The van der Waals surface area contributed by atoms with E-state index in [1.807, 2.05) is 71.4 Å². The van der Waals surface area contributed by atoms with Crippen LogP contribution in [0, 0.1) is 0 Å². The Hall–Kier alpha value is -3.78. The number of carbonyl (C=O) groups excluding carboxylic acids is 1. The molecule has 2 aromatic carbocycles. The van der Waals surface area contributed by atoms with Crippen LogP contribution in [0.25, 0.3) is 22.3 Å². The molecule has 5 aromatic rings. The van der Waals surface area contributed by atoms with Crippen LogP contribution in [0.1, 0.15) is 11.3 Å². The van der Waals surface area contributed by atoms with Crippen molar-refractivity contribution in [2.75, 3.05) is 5.75 Å². The average Bonchev–Trinajstić information content (AvgIpc) is 3.58. The van der Waals surface area contributed by atoms with E-state index in [0.717, 1.165) is 33.6 Å². The Labute approximate surface area is 188 Å². The molecule has 5 rings (SSSR count). The number of thioether (sulfide) groups is 1. The van der Waals surface area contributed by atoms with Crippen LogP contribution < -0.4 is 5.32 Å². The molecule has 3 aromatic heterocycles. The molecule has 2 N–H and O–H groups in total. The predicted octanol–water partition coefficient (Wildman–Crippen LogP) is 4.48. The van der Waals surface area contributed by atoms with Crippen molar-refractivity contribution in [1.82, 2.24) is 25.1 Å². The monoisotopic (exact) mass is 443 g/mol. The molecular weight excluding hydrogens is 422 g/mol. The summed E-state index contributed by atoms with van der Waals surface area (Å²) in [5.41, 5.74) is 3.05. The number of H-pyrrole nitrogens is 1. The van der Waals surface area contributed by atoms with Gasteiger partial charge in [-0.1, -0.05) is 60.3 Å². The molecule has 0 saturated heterocycles. The number of nitrogens with zero attached hydrogens (tertiary/aromatic N) is 3. The maximum atomic E-state index is 12.4. The number of benzene rings is 2.